The van der Waals surface area contributed by atoms with Gasteiger partial charge < -0.3 is 14.1 Å². The van der Waals surface area contributed by atoms with E-state index in [9.17, 15) is 9.59 Å². The monoisotopic (exact) mass is 301 g/mol. The third-order valence-electron chi connectivity index (χ3n) is 3.99. The van der Waals surface area contributed by atoms with Crippen molar-refractivity contribution in [3.63, 3.8) is 0 Å². The molecule has 2 heterocycles. The van der Waals surface area contributed by atoms with Crippen molar-refractivity contribution < 1.29 is 13.9 Å². The van der Waals surface area contributed by atoms with Crippen molar-refractivity contribution >= 4 is 16.9 Å². The Morgan fingerprint density at radius 3 is 2.91 bits per heavy atom. The van der Waals surface area contributed by atoms with E-state index in [0.29, 0.717) is 18.7 Å². The zero-order valence-electron chi connectivity index (χ0n) is 12.6. The Bertz CT molecular complexity index is 731. The van der Waals surface area contributed by atoms with Crippen molar-refractivity contribution in [2.45, 2.75) is 25.9 Å². The van der Waals surface area contributed by atoms with E-state index >= 15 is 0 Å². The van der Waals surface area contributed by atoms with Gasteiger partial charge in [0.15, 0.2) is 0 Å². The number of hydrogen-bond acceptors (Lipinski definition) is 4. The predicted molar refractivity (Wildman–Crippen MR) is 83.0 cm³/mol. The van der Waals surface area contributed by atoms with Crippen LogP contribution in [0.1, 0.15) is 30.1 Å². The SMILES string of the molecule is CCN(C[C@@H]1CCCO1)C(=O)c1cc2ccccc2oc1=O. The number of ether oxygens (including phenoxy) is 1. The molecular formula is C17H19NO4. The van der Waals surface area contributed by atoms with E-state index in [4.69, 9.17) is 9.15 Å². The van der Waals surface area contributed by atoms with Crippen molar-refractivity contribution in [1.29, 1.82) is 0 Å². The Morgan fingerprint density at radius 1 is 1.36 bits per heavy atom. The number of nitrogens with zero attached hydrogens (tertiary/aromatic N) is 1. The third kappa shape index (κ3) is 2.90. The second-order valence-corrected chi connectivity index (χ2v) is 5.46. The number of para-hydroxylation sites is 1. The Balaban J connectivity index is 1.89. The first kappa shape index (κ1) is 14.8. The van der Waals surface area contributed by atoms with E-state index in [0.717, 1.165) is 24.8 Å². The summed E-state index contributed by atoms with van der Waals surface area (Å²) in [4.78, 5) is 26.4. The maximum Gasteiger partial charge on any atom is 0.349 e. The Morgan fingerprint density at radius 2 is 2.18 bits per heavy atom. The summed E-state index contributed by atoms with van der Waals surface area (Å²) < 4.78 is 10.8. The summed E-state index contributed by atoms with van der Waals surface area (Å²) in [5.41, 5.74) is -0.0146. The van der Waals surface area contributed by atoms with Crippen LogP contribution in [0, 0.1) is 0 Å². The molecule has 1 aliphatic rings. The minimum atomic E-state index is -0.588. The van der Waals surface area contributed by atoms with E-state index < -0.39 is 5.63 Å². The smallest absolute Gasteiger partial charge is 0.349 e. The number of fused-ring (bicyclic) bond motifs is 1. The number of carbonyl (C=O) groups is 1. The normalized spacial score (nSPS) is 17.8. The average Bonchev–Trinajstić information content (AvgIpc) is 3.04. The summed E-state index contributed by atoms with van der Waals surface area (Å²) in [5.74, 6) is -0.294. The minimum absolute atomic E-state index is 0.0661. The van der Waals surface area contributed by atoms with Gasteiger partial charge in [0.05, 0.1) is 6.10 Å². The van der Waals surface area contributed by atoms with Crippen LogP contribution in [0.25, 0.3) is 11.0 Å². The zero-order chi connectivity index (χ0) is 15.5. The van der Waals surface area contributed by atoms with E-state index in [1.165, 1.54) is 0 Å². The molecule has 1 saturated heterocycles. The summed E-state index contributed by atoms with van der Waals surface area (Å²) >= 11 is 0. The molecule has 0 unspecified atom stereocenters. The summed E-state index contributed by atoms with van der Waals surface area (Å²) in [6.07, 6.45) is 2.04. The van der Waals surface area contributed by atoms with Gasteiger partial charge in [0.2, 0.25) is 0 Å². The molecule has 1 aliphatic heterocycles. The second kappa shape index (κ2) is 6.32. The Hall–Kier alpha value is -2.14. The molecule has 0 bridgehead atoms. The summed E-state index contributed by atoms with van der Waals surface area (Å²) in [5, 5.41) is 0.749. The van der Waals surface area contributed by atoms with Gasteiger partial charge in [-0.25, -0.2) is 4.79 Å². The predicted octanol–water partition coefficient (Wildman–Crippen LogP) is 2.43. The van der Waals surface area contributed by atoms with Gasteiger partial charge in [0, 0.05) is 25.1 Å². The van der Waals surface area contributed by atoms with Gasteiger partial charge in [-0.1, -0.05) is 18.2 Å². The summed E-state index contributed by atoms with van der Waals surface area (Å²) in [6, 6.07) is 8.80. The largest absolute Gasteiger partial charge is 0.422 e. The van der Waals surface area contributed by atoms with Crippen molar-refractivity contribution in [3.05, 3.63) is 46.3 Å². The van der Waals surface area contributed by atoms with Gasteiger partial charge >= 0.3 is 5.63 Å². The molecule has 1 aromatic carbocycles. The quantitative estimate of drug-likeness (QED) is 0.814. The molecule has 2 aromatic rings. The molecule has 1 amide bonds. The number of amides is 1. The lowest BCUT2D eigenvalue weighted by molar-refractivity contribution is 0.0536. The number of benzene rings is 1. The first-order chi connectivity index (χ1) is 10.7. The van der Waals surface area contributed by atoms with Crippen LogP contribution in [0.4, 0.5) is 0 Å². The third-order valence-corrected chi connectivity index (χ3v) is 3.99. The number of rotatable bonds is 4. The maximum atomic E-state index is 12.6. The highest BCUT2D eigenvalue weighted by molar-refractivity contribution is 5.96. The first-order valence-electron chi connectivity index (χ1n) is 7.63. The van der Waals surface area contributed by atoms with Crippen LogP contribution >= 0.6 is 0 Å². The molecule has 3 rings (SSSR count). The number of hydrogen-bond donors (Lipinski definition) is 0. The molecule has 1 fully saturated rings. The second-order valence-electron chi connectivity index (χ2n) is 5.46. The fraction of sp³-hybridized carbons (Fsp3) is 0.412. The van der Waals surface area contributed by atoms with E-state index in [1.807, 2.05) is 19.1 Å². The molecule has 5 nitrogen and oxygen atoms in total. The van der Waals surface area contributed by atoms with Crippen molar-refractivity contribution in [2.24, 2.45) is 0 Å². The van der Waals surface area contributed by atoms with Crippen LogP contribution < -0.4 is 5.63 Å². The molecule has 0 saturated carbocycles. The van der Waals surface area contributed by atoms with E-state index in [1.54, 1.807) is 23.1 Å². The summed E-state index contributed by atoms with van der Waals surface area (Å²) in [6.45, 7) is 3.69. The van der Waals surface area contributed by atoms with Gasteiger partial charge in [-0.3, -0.25) is 4.79 Å². The fourth-order valence-corrected chi connectivity index (χ4v) is 2.77. The molecule has 1 aromatic heterocycles. The van der Waals surface area contributed by atoms with Gasteiger partial charge in [-0.05, 0) is 31.9 Å². The molecule has 116 valence electrons. The molecule has 0 aliphatic carbocycles. The van der Waals surface area contributed by atoms with Gasteiger partial charge in [-0.2, -0.15) is 0 Å². The molecule has 0 radical (unpaired) electrons. The molecule has 22 heavy (non-hydrogen) atoms. The Labute approximate surface area is 128 Å². The van der Waals surface area contributed by atoms with Crippen molar-refractivity contribution in [3.8, 4) is 0 Å². The fourth-order valence-electron chi connectivity index (χ4n) is 2.77. The highest BCUT2D eigenvalue weighted by Crippen LogP contribution is 2.16. The van der Waals surface area contributed by atoms with Crippen LogP contribution in [-0.2, 0) is 4.74 Å². The number of likely N-dealkylation sites (N-methyl/N-ethyl adjacent to an activating group) is 1. The highest BCUT2D eigenvalue weighted by atomic mass is 16.5. The highest BCUT2D eigenvalue weighted by Gasteiger charge is 2.24. The van der Waals surface area contributed by atoms with E-state index in [-0.39, 0.29) is 17.6 Å². The van der Waals surface area contributed by atoms with Gasteiger partial charge in [0.1, 0.15) is 11.1 Å². The average molecular weight is 301 g/mol. The lowest BCUT2D eigenvalue weighted by Crippen LogP contribution is -2.39. The standard InChI is InChI=1S/C17H19NO4/c1-2-18(11-13-7-5-9-21-13)16(19)14-10-12-6-3-4-8-15(12)22-17(14)20/h3-4,6,8,10,13H,2,5,7,9,11H2,1H3/t13-/m0/s1. The van der Waals surface area contributed by atoms with Crippen LogP contribution in [0.15, 0.2) is 39.5 Å². The minimum Gasteiger partial charge on any atom is -0.422 e. The molecule has 5 heteroatoms. The number of carbonyl (C=O) groups excluding carboxylic acids is 1. The van der Waals surface area contributed by atoms with Crippen LogP contribution in [0.2, 0.25) is 0 Å². The van der Waals surface area contributed by atoms with Crippen molar-refractivity contribution in [1.82, 2.24) is 4.90 Å². The van der Waals surface area contributed by atoms with Gasteiger partial charge in [-0.15, -0.1) is 0 Å². The van der Waals surface area contributed by atoms with Crippen LogP contribution in [0.5, 0.6) is 0 Å². The van der Waals surface area contributed by atoms with E-state index in [2.05, 4.69) is 0 Å². The van der Waals surface area contributed by atoms with Gasteiger partial charge in [0.25, 0.3) is 5.91 Å². The molecule has 0 spiro atoms. The first-order valence-corrected chi connectivity index (χ1v) is 7.63. The maximum absolute atomic E-state index is 12.6. The lowest BCUT2D eigenvalue weighted by atomic mass is 10.1. The molecule has 1 atom stereocenters. The molecular weight excluding hydrogens is 282 g/mol. The van der Waals surface area contributed by atoms with Crippen molar-refractivity contribution in [2.75, 3.05) is 19.7 Å². The summed E-state index contributed by atoms with van der Waals surface area (Å²) in [7, 11) is 0. The molecule has 0 N–H and O–H groups in total. The van der Waals surface area contributed by atoms with Crippen LogP contribution in [0.3, 0.4) is 0 Å². The lowest BCUT2D eigenvalue weighted by Gasteiger charge is -2.23. The topological polar surface area (TPSA) is 59.8 Å². The zero-order valence-corrected chi connectivity index (χ0v) is 12.6. The van der Waals surface area contributed by atoms with Crippen LogP contribution in [-0.4, -0.2) is 36.6 Å². The Kier molecular flexibility index (Phi) is 4.24.